The molecule has 1 spiro atoms. The summed E-state index contributed by atoms with van der Waals surface area (Å²) in [6.07, 6.45) is 2.43. The van der Waals surface area contributed by atoms with Gasteiger partial charge in [0, 0.05) is 41.4 Å². The lowest BCUT2D eigenvalue weighted by Crippen LogP contribution is -2.41. The summed E-state index contributed by atoms with van der Waals surface area (Å²) in [5.74, 6) is 1.06. The van der Waals surface area contributed by atoms with Crippen molar-refractivity contribution in [3.63, 3.8) is 0 Å². The fourth-order valence-electron chi connectivity index (χ4n) is 3.24. The van der Waals surface area contributed by atoms with Crippen molar-refractivity contribution >= 4 is 17.3 Å². The van der Waals surface area contributed by atoms with Crippen molar-refractivity contribution in [2.24, 2.45) is 10.4 Å². The van der Waals surface area contributed by atoms with E-state index in [1.54, 1.807) is 0 Å². The number of aryl methyl sites for hydroxylation is 1. The quantitative estimate of drug-likeness (QED) is 0.689. The molecule has 116 valence electrons. The van der Waals surface area contributed by atoms with Gasteiger partial charge in [0.15, 0.2) is 5.96 Å². The Balaban J connectivity index is 1.66. The molecule has 1 N–H and O–H groups in total. The van der Waals surface area contributed by atoms with Crippen LogP contribution in [0, 0.1) is 12.3 Å². The maximum absolute atomic E-state index is 5.62. The second kappa shape index (κ2) is 6.36. The van der Waals surface area contributed by atoms with Gasteiger partial charge in [0.25, 0.3) is 0 Å². The van der Waals surface area contributed by atoms with Crippen LogP contribution in [0.3, 0.4) is 0 Å². The molecule has 0 bridgehead atoms. The maximum atomic E-state index is 5.62. The number of ether oxygens (including phenoxy) is 1. The van der Waals surface area contributed by atoms with Gasteiger partial charge in [0.1, 0.15) is 0 Å². The number of likely N-dealkylation sites (tertiary alicyclic amines) is 1. The zero-order valence-corrected chi connectivity index (χ0v) is 13.8. The number of guanidine groups is 1. The number of aliphatic imine (C=N–C) groups is 1. The van der Waals surface area contributed by atoms with Crippen molar-refractivity contribution in [1.29, 1.82) is 0 Å². The number of rotatable bonds is 3. The van der Waals surface area contributed by atoms with Gasteiger partial charge in [-0.3, -0.25) is 0 Å². The molecule has 0 aromatic carbocycles. The SMILES string of the molecule is CCNC(=NCc1ccc(C)s1)N1CCC2(CCOC2)C1. The molecule has 21 heavy (non-hydrogen) atoms. The molecule has 1 aromatic heterocycles. The summed E-state index contributed by atoms with van der Waals surface area (Å²) in [7, 11) is 0. The minimum absolute atomic E-state index is 0.385. The van der Waals surface area contributed by atoms with Crippen LogP contribution in [0.25, 0.3) is 0 Å². The highest BCUT2D eigenvalue weighted by Gasteiger charge is 2.42. The standard InChI is InChI=1S/C16H25N3OS/c1-3-17-15(18-10-14-5-4-13(2)21-14)19-8-6-16(11-19)7-9-20-12-16/h4-5H,3,6-12H2,1-2H3,(H,17,18). The second-order valence-corrected chi connectivity index (χ2v) is 7.53. The number of thiophene rings is 1. The van der Waals surface area contributed by atoms with E-state index in [0.717, 1.165) is 45.4 Å². The molecule has 1 aromatic rings. The van der Waals surface area contributed by atoms with Gasteiger partial charge in [-0.05, 0) is 38.8 Å². The van der Waals surface area contributed by atoms with Gasteiger partial charge in [-0.1, -0.05) is 0 Å². The highest BCUT2D eigenvalue weighted by atomic mass is 32.1. The van der Waals surface area contributed by atoms with Gasteiger partial charge in [0.05, 0.1) is 13.2 Å². The van der Waals surface area contributed by atoms with Crippen LogP contribution in [0.15, 0.2) is 17.1 Å². The first-order chi connectivity index (χ1) is 10.2. The molecule has 2 saturated heterocycles. The number of nitrogens with one attached hydrogen (secondary N) is 1. The van der Waals surface area contributed by atoms with Crippen molar-refractivity contribution in [2.75, 3.05) is 32.8 Å². The van der Waals surface area contributed by atoms with E-state index >= 15 is 0 Å². The van der Waals surface area contributed by atoms with Crippen molar-refractivity contribution in [1.82, 2.24) is 10.2 Å². The average Bonchev–Trinajstić information content (AvgIpc) is 3.19. The molecule has 3 heterocycles. The minimum Gasteiger partial charge on any atom is -0.381 e. The van der Waals surface area contributed by atoms with Gasteiger partial charge in [0.2, 0.25) is 0 Å². The highest BCUT2D eigenvalue weighted by Crippen LogP contribution is 2.38. The molecule has 0 saturated carbocycles. The van der Waals surface area contributed by atoms with Gasteiger partial charge in [-0.2, -0.15) is 0 Å². The van der Waals surface area contributed by atoms with Gasteiger partial charge < -0.3 is 15.0 Å². The van der Waals surface area contributed by atoms with Crippen LogP contribution in [0.2, 0.25) is 0 Å². The number of hydrogen-bond acceptors (Lipinski definition) is 3. The Kier molecular flexibility index (Phi) is 4.50. The molecule has 3 rings (SSSR count). The fraction of sp³-hybridized carbons (Fsp3) is 0.688. The Morgan fingerprint density at radius 3 is 3.05 bits per heavy atom. The van der Waals surface area contributed by atoms with Crippen molar-refractivity contribution in [3.05, 3.63) is 21.9 Å². The second-order valence-electron chi connectivity index (χ2n) is 6.16. The molecular weight excluding hydrogens is 282 g/mol. The first kappa shape index (κ1) is 14.9. The van der Waals surface area contributed by atoms with Gasteiger partial charge >= 0.3 is 0 Å². The number of nitrogens with zero attached hydrogens (tertiary/aromatic N) is 2. The summed E-state index contributed by atoms with van der Waals surface area (Å²) in [5.41, 5.74) is 0.385. The summed E-state index contributed by atoms with van der Waals surface area (Å²) >= 11 is 1.84. The molecule has 2 fully saturated rings. The van der Waals surface area contributed by atoms with Crippen LogP contribution in [0.1, 0.15) is 29.5 Å². The Morgan fingerprint density at radius 2 is 2.38 bits per heavy atom. The lowest BCUT2D eigenvalue weighted by molar-refractivity contribution is 0.156. The zero-order chi connectivity index (χ0) is 14.7. The summed E-state index contributed by atoms with van der Waals surface area (Å²) in [5, 5.41) is 3.45. The van der Waals surface area contributed by atoms with Crippen molar-refractivity contribution < 1.29 is 4.74 Å². The average molecular weight is 307 g/mol. The van der Waals surface area contributed by atoms with Crippen LogP contribution in [0.5, 0.6) is 0 Å². The molecule has 1 atom stereocenters. The van der Waals surface area contributed by atoms with Crippen LogP contribution in [0.4, 0.5) is 0 Å². The summed E-state index contributed by atoms with van der Waals surface area (Å²) < 4.78 is 5.62. The smallest absolute Gasteiger partial charge is 0.194 e. The maximum Gasteiger partial charge on any atom is 0.194 e. The molecule has 0 aliphatic carbocycles. The first-order valence-corrected chi connectivity index (χ1v) is 8.69. The van der Waals surface area contributed by atoms with E-state index in [2.05, 4.69) is 36.2 Å². The minimum atomic E-state index is 0.385. The summed E-state index contributed by atoms with van der Waals surface area (Å²) in [6.45, 7) is 10.0. The van der Waals surface area contributed by atoms with Crippen molar-refractivity contribution in [2.45, 2.75) is 33.2 Å². The normalized spacial score (nSPS) is 26.0. The molecule has 0 amide bonds. The van der Waals surface area contributed by atoms with E-state index in [4.69, 9.17) is 9.73 Å². The largest absolute Gasteiger partial charge is 0.381 e. The molecule has 1 unspecified atom stereocenters. The topological polar surface area (TPSA) is 36.9 Å². The molecule has 2 aliphatic rings. The van der Waals surface area contributed by atoms with Gasteiger partial charge in [-0.15, -0.1) is 11.3 Å². The predicted molar refractivity (Wildman–Crippen MR) is 87.9 cm³/mol. The van der Waals surface area contributed by atoms with Crippen LogP contribution >= 0.6 is 11.3 Å². The zero-order valence-electron chi connectivity index (χ0n) is 13.0. The van der Waals surface area contributed by atoms with E-state index < -0.39 is 0 Å². The Morgan fingerprint density at radius 1 is 1.48 bits per heavy atom. The van der Waals surface area contributed by atoms with E-state index in [1.807, 2.05) is 11.3 Å². The van der Waals surface area contributed by atoms with E-state index in [9.17, 15) is 0 Å². The summed E-state index contributed by atoms with van der Waals surface area (Å²) in [6, 6.07) is 4.35. The molecule has 2 aliphatic heterocycles. The number of hydrogen-bond donors (Lipinski definition) is 1. The first-order valence-electron chi connectivity index (χ1n) is 7.87. The Labute approximate surface area is 131 Å². The van der Waals surface area contributed by atoms with Crippen molar-refractivity contribution in [3.8, 4) is 0 Å². The third-order valence-corrected chi connectivity index (χ3v) is 5.42. The monoisotopic (exact) mass is 307 g/mol. The summed E-state index contributed by atoms with van der Waals surface area (Å²) in [4.78, 5) is 9.94. The Hall–Kier alpha value is -1.07. The third kappa shape index (κ3) is 3.40. The van der Waals surface area contributed by atoms with Crippen LogP contribution in [-0.4, -0.2) is 43.7 Å². The molecule has 4 nitrogen and oxygen atoms in total. The predicted octanol–water partition coefficient (Wildman–Crippen LogP) is 2.63. The lowest BCUT2D eigenvalue weighted by Gasteiger charge is -2.24. The third-order valence-electron chi connectivity index (χ3n) is 4.44. The molecular formula is C16H25N3OS. The van der Waals surface area contributed by atoms with Gasteiger partial charge in [-0.25, -0.2) is 4.99 Å². The van der Waals surface area contributed by atoms with E-state index in [1.165, 1.54) is 22.6 Å². The Bertz CT molecular complexity index is 505. The van der Waals surface area contributed by atoms with Crippen LogP contribution < -0.4 is 5.32 Å². The van der Waals surface area contributed by atoms with Crippen LogP contribution in [-0.2, 0) is 11.3 Å². The lowest BCUT2D eigenvalue weighted by atomic mass is 9.87. The van der Waals surface area contributed by atoms with E-state index in [-0.39, 0.29) is 0 Å². The molecule has 5 heteroatoms. The fourth-order valence-corrected chi connectivity index (χ4v) is 4.05. The molecule has 0 radical (unpaired) electrons. The van der Waals surface area contributed by atoms with E-state index in [0.29, 0.717) is 5.41 Å². The highest BCUT2D eigenvalue weighted by molar-refractivity contribution is 7.11.